The monoisotopic (exact) mass is 291 g/mol. The lowest BCUT2D eigenvalue weighted by atomic mass is 9.98. The molecule has 0 radical (unpaired) electrons. The van der Waals surface area contributed by atoms with Gasteiger partial charge in [0.05, 0.1) is 0 Å². The van der Waals surface area contributed by atoms with Crippen molar-refractivity contribution in [1.29, 1.82) is 0 Å². The van der Waals surface area contributed by atoms with E-state index in [4.69, 9.17) is 5.73 Å². The predicted octanol–water partition coefficient (Wildman–Crippen LogP) is 3.23. The number of pyridine rings is 1. The fraction of sp³-hybridized carbons (Fsp3) is 0.312. The van der Waals surface area contributed by atoms with E-state index in [0.717, 1.165) is 12.0 Å². The molecule has 0 aliphatic carbocycles. The number of benzene rings is 1. The lowest BCUT2D eigenvalue weighted by Gasteiger charge is -2.20. The van der Waals surface area contributed by atoms with Crippen LogP contribution in [0.3, 0.4) is 0 Å². The van der Waals surface area contributed by atoms with Crippen LogP contribution in [0.1, 0.15) is 30.5 Å². The summed E-state index contributed by atoms with van der Waals surface area (Å²) in [6, 6.07) is 7.01. The van der Waals surface area contributed by atoms with Gasteiger partial charge in [0, 0.05) is 17.8 Å². The Bertz CT molecular complexity index is 582. The van der Waals surface area contributed by atoms with Gasteiger partial charge in [-0.3, -0.25) is 0 Å². The molecule has 1 aromatic heterocycles. The summed E-state index contributed by atoms with van der Waals surface area (Å²) in [4.78, 5) is 4.01. The molecule has 112 valence electrons. The highest BCUT2D eigenvalue weighted by atomic mass is 19.1. The number of halogens is 2. The molecule has 1 atom stereocenters. The molecule has 3 nitrogen and oxygen atoms in total. The maximum atomic E-state index is 14.0. The first-order valence-electron chi connectivity index (χ1n) is 7.00. The number of nitrogen functional groups attached to an aromatic ring is 1. The zero-order valence-corrected chi connectivity index (χ0v) is 11.9. The van der Waals surface area contributed by atoms with Crippen LogP contribution in [0.4, 0.5) is 14.6 Å². The maximum absolute atomic E-state index is 14.0. The summed E-state index contributed by atoms with van der Waals surface area (Å²) >= 11 is 0. The third-order valence-corrected chi connectivity index (χ3v) is 3.34. The van der Waals surface area contributed by atoms with Gasteiger partial charge in [-0.25, -0.2) is 13.8 Å². The molecule has 0 amide bonds. The summed E-state index contributed by atoms with van der Waals surface area (Å²) < 4.78 is 28.0. The summed E-state index contributed by atoms with van der Waals surface area (Å²) in [6.07, 6.45) is 2.85. The van der Waals surface area contributed by atoms with Crippen LogP contribution < -0.4 is 11.1 Å². The van der Waals surface area contributed by atoms with E-state index in [2.05, 4.69) is 10.3 Å². The fourth-order valence-electron chi connectivity index (χ4n) is 2.28. The Balaban J connectivity index is 2.32. The number of rotatable bonds is 6. The number of nitrogens with zero attached hydrogens (tertiary/aromatic N) is 1. The van der Waals surface area contributed by atoms with E-state index in [9.17, 15) is 8.78 Å². The minimum Gasteiger partial charge on any atom is -0.383 e. The predicted molar refractivity (Wildman–Crippen MR) is 79.7 cm³/mol. The molecular formula is C16H19F2N3. The van der Waals surface area contributed by atoms with Crippen molar-refractivity contribution in [3.05, 3.63) is 59.3 Å². The molecule has 1 heterocycles. The Morgan fingerprint density at radius 1 is 1.19 bits per heavy atom. The molecule has 2 aromatic rings. The van der Waals surface area contributed by atoms with E-state index < -0.39 is 17.7 Å². The first-order chi connectivity index (χ1) is 10.1. The topological polar surface area (TPSA) is 50.9 Å². The molecule has 0 saturated carbocycles. The zero-order valence-electron chi connectivity index (χ0n) is 11.9. The van der Waals surface area contributed by atoms with Crippen molar-refractivity contribution in [3.8, 4) is 0 Å². The van der Waals surface area contributed by atoms with Gasteiger partial charge in [-0.1, -0.05) is 19.1 Å². The SMILES string of the molecule is CCCNC(Cc1cccnc1N)c1c(F)cccc1F. The van der Waals surface area contributed by atoms with Crippen LogP contribution in [-0.2, 0) is 6.42 Å². The summed E-state index contributed by atoms with van der Waals surface area (Å²) in [7, 11) is 0. The zero-order chi connectivity index (χ0) is 15.2. The van der Waals surface area contributed by atoms with Gasteiger partial charge in [-0.05, 0) is 43.1 Å². The van der Waals surface area contributed by atoms with Crippen LogP contribution in [0.5, 0.6) is 0 Å². The standard InChI is InChI=1S/C16H19F2N3/c1-2-8-20-14(10-11-5-4-9-21-16(11)19)15-12(17)6-3-7-13(15)18/h3-7,9,14,20H,2,8,10H2,1H3,(H2,19,21). The van der Waals surface area contributed by atoms with Crippen molar-refractivity contribution >= 4 is 5.82 Å². The quantitative estimate of drug-likeness (QED) is 0.859. The highest BCUT2D eigenvalue weighted by molar-refractivity contribution is 5.40. The molecular weight excluding hydrogens is 272 g/mol. The van der Waals surface area contributed by atoms with E-state index in [0.29, 0.717) is 18.8 Å². The van der Waals surface area contributed by atoms with Gasteiger partial charge < -0.3 is 11.1 Å². The largest absolute Gasteiger partial charge is 0.383 e. The third kappa shape index (κ3) is 3.76. The van der Waals surface area contributed by atoms with Crippen LogP contribution >= 0.6 is 0 Å². The number of hydrogen-bond acceptors (Lipinski definition) is 3. The van der Waals surface area contributed by atoms with Gasteiger partial charge in [-0.2, -0.15) is 0 Å². The van der Waals surface area contributed by atoms with Crippen molar-refractivity contribution in [1.82, 2.24) is 10.3 Å². The highest BCUT2D eigenvalue weighted by Crippen LogP contribution is 2.25. The van der Waals surface area contributed by atoms with E-state index in [-0.39, 0.29) is 5.56 Å². The van der Waals surface area contributed by atoms with Gasteiger partial charge >= 0.3 is 0 Å². The van der Waals surface area contributed by atoms with Crippen LogP contribution in [0, 0.1) is 11.6 Å². The minimum atomic E-state index is -0.550. The first kappa shape index (κ1) is 15.4. The molecule has 0 aliphatic rings. The molecule has 0 aliphatic heterocycles. The Morgan fingerprint density at radius 3 is 2.52 bits per heavy atom. The summed E-state index contributed by atoms with van der Waals surface area (Å²) in [5.74, 6) is -0.713. The highest BCUT2D eigenvalue weighted by Gasteiger charge is 2.20. The fourth-order valence-corrected chi connectivity index (χ4v) is 2.28. The molecule has 0 fully saturated rings. The molecule has 21 heavy (non-hydrogen) atoms. The van der Waals surface area contributed by atoms with E-state index >= 15 is 0 Å². The summed E-state index contributed by atoms with van der Waals surface area (Å²) in [5.41, 5.74) is 6.65. The van der Waals surface area contributed by atoms with Crippen LogP contribution in [-0.4, -0.2) is 11.5 Å². The van der Waals surface area contributed by atoms with Gasteiger partial charge in [-0.15, -0.1) is 0 Å². The van der Waals surface area contributed by atoms with Gasteiger partial charge in [0.25, 0.3) is 0 Å². The maximum Gasteiger partial charge on any atom is 0.130 e. The second-order valence-electron chi connectivity index (χ2n) is 4.89. The Hall–Kier alpha value is -2.01. The van der Waals surface area contributed by atoms with Gasteiger partial charge in [0.15, 0.2) is 0 Å². The average molecular weight is 291 g/mol. The van der Waals surface area contributed by atoms with E-state index in [1.807, 2.05) is 13.0 Å². The lowest BCUT2D eigenvalue weighted by molar-refractivity contribution is 0.464. The molecule has 3 N–H and O–H groups in total. The van der Waals surface area contributed by atoms with E-state index in [1.54, 1.807) is 12.3 Å². The second-order valence-corrected chi connectivity index (χ2v) is 4.89. The number of anilines is 1. The summed E-state index contributed by atoms with van der Waals surface area (Å²) in [5, 5.41) is 3.18. The van der Waals surface area contributed by atoms with Crippen molar-refractivity contribution < 1.29 is 8.78 Å². The number of hydrogen-bond donors (Lipinski definition) is 2. The van der Waals surface area contributed by atoms with Gasteiger partial charge in [0.1, 0.15) is 17.5 Å². The minimum absolute atomic E-state index is 0.0502. The molecule has 0 saturated heterocycles. The molecule has 0 bridgehead atoms. The number of nitrogens with one attached hydrogen (secondary N) is 1. The van der Waals surface area contributed by atoms with Crippen molar-refractivity contribution in [3.63, 3.8) is 0 Å². The van der Waals surface area contributed by atoms with Crippen LogP contribution in [0.2, 0.25) is 0 Å². The molecule has 2 rings (SSSR count). The molecule has 0 spiro atoms. The molecule has 5 heteroatoms. The normalized spacial score (nSPS) is 12.3. The lowest BCUT2D eigenvalue weighted by Crippen LogP contribution is -2.26. The van der Waals surface area contributed by atoms with Crippen molar-refractivity contribution in [2.75, 3.05) is 12.3 Å². The number of nitrogens with two attached hydrogens (primary N) is 1. The van der Waals surface area contributed by atoms with Crippen molar-refractivity contribution in [2.24, 2.45) is 0 Å². The number of aromatic nitrogens is 1. The average Bonchev–Trinajstić information content (AvgIpc) is 2.46. The third-order valence-electron chi connectivity index (χ3n) is 3.34. The Labute approximate surface area is 123 Å². The Kier molecular flexibility index (Phi) is 5.22. The summed E-state index contributed by atoms with van der Waals surface area (Å²) in [6.45, 7) is 2.67. The second kappa shape index (κ2) is 7.13. The smallest absolute Gasteiger partial charge is 0.130 e. The molecule has 1 unspecified atom stereocenters. The van der Waals surface area contributed by atoms with Crippen LogP contribution in [0.25, 0.3) is 0 Å². The molecule has 1 aromatic carbocycles. The first-order valence-corrected chi connectivity index (χ1v) is 7.00. The van der Waals surface area contributed by atoms with Crippen molar-refractivity contribution in [2.45, 2.75) is 25.8 Å². The van der Waals surface area contributed by atoms with Crippen LogP contribution in [0.15, 0.2) is 36.5 Å². The Morgan fingerprint density at radius 2 is 1.90 bits per heavy atom. The van der Waals surface area contributed by atoms with E-state index in [1.165, 1.54) is 18.2 Å². The van der Waals surface area contributed by atoms with Gasteiger partial charge in [0.2, 0.25) is 0 Å².